The van der Waals surface area contributed by atoms with Gasteiger partial charge in [0.05, 0.1) is 42.4 Å². The van der Waals surface area contributed by atoms with Gasteiger partial charge in [0.15, 0.2) is 5.82 Å². The van der Waals surface area contributed by atoms with E-state index in [1.165, 1.54) is 18.5 Å². The van der Waals surface area contributed by atoms with E-state index < -0.39 is 11.7 Å². The van der Waals surface area contributed by atoms with Gasteiger partial charge in [-0.2, -0.15) is 13.2 Å². The van der Waals surface area contributed by atoms with Crippen LogP contribution in [0.15, 0.2) is 85.7 Å². The summed E-state index contributed by atoms with van der Waals surface area (Å²) in [6, 6.07) is 17.9. The van der Waals surface area contributed by atoms with E-state index in [1.54, 1.807) is 30.4 Å². The molecule has 1 unspecified atom stereocenters. The summed E-state index contributed by atoms with van der Waals surface area (Å²) in [5.41, 5.74) is 3.34. The molecule has 4 aromatic rings. The Morgan fingerprint density at radius 1 is 1.00 bits per heavy atom. The average Bonchev–Trinajstić information content (AvgIpc) is 3.59. The summed E-state index contributed by atoms with van der Waals surface area (Å²) in [6.07, 6.45) is -1.14. The van der Waals surface area contributed by atoms with Crippen LogP contribution in [0.4, 0.5) is 41.9 Å². The van der Waals surface area contributed by atoms with Gasteiger partial charge in [0, 0.05) is 44.7 Å². The maximum absolute atomic E-state index is 13.4. The molecule has 13 heteroatoms. The van der Waals surface area contributed by atoms with Crippen molar-refractivity contribution in [2.24, 2.45) is 0 Å². The maximum Gasteiger partial charge on any atom is 0.416 e. The van der Waals surface area contributed by atoms with Crippen LogP contribution in [0, 0.1) is 0 Å². The fourth-order valence-corrected chi connectivity index (χ4v) is 5.90. The third-order valence-electron chi connectivity index (χ3n) is 8.45. The predicted molar refractivity (Wildman–Crippen MR) is 180 cm³/mol. The minimum absolute atomic E-state index is 0.239. The second-order valence-electron chi connectivity index (χ2n) is 11.6. The number of alkyl halides is 3. The fourth-order valence-electron chi connectivity index (χ4n) is 5.90. The molecule has 1 aromatic heterocycles. The smallest absolute Gasteiger partial charge is 0.416 e. The van der Waals surface area contributed by atoms with E-state index in [0.29, 0.717) is 52.9 Å². The number of likely N-dealkylation sites (N-methyl/N-ethyl adjacent to an activating group) is 1. The van der Waals surface area contributed by atoms with Crippen LogP contribution in [-0.2, 0) is 15.8 Å². The lowest BCUT2D eigenvalue weighted by molar-refractivity contribution is -0.137. The molecule has 1 amide bonds. The molecule has 3 heterocycles. The third-order valence-corrected chi connectivity index (χ3v) is 8.45. The van der Waals surface area contributed by atoms with Crippen LogP contribution in [0.5, 0.6) is 5.75 Å². The average molecular weight is 660 g/mol. The number of hydrogen-bond donors (Lipinski definition) is 2. The Morgan fingerprint density at radius 2 is 1.75 bits per heavy atom. The number of nitrogens with one attached hydrogen (secondary N) is 2. The molecular formula is C35H36F3N7O3. The van der Waals surface area contributed by atoms with Crippen LogP contribution in [0.25, 0.3) is 11.1 Å². The summed E-state index contributed by atoms with van der Waals surface area (Å²) in [6.45, 7) is 7.37. The van der Waals surface area contributed by atoms with E-state index in [-0.39, 0.29) is 11.9 Å². The van der Waals surface area contributed by atoms with Crippen molar-refractivity contribution in [3.8, 4) is 16.9 Å². The van der Waals surface area contributed by atoms with Crippen molar-refractivity contribution in [2.75, 3.05) is 67.5 Å². The number of hydrogen-bond acceptors (Lipinski definition) is 9. The number of methoxy groups -OCH3 is 1. The number of piperazine rings is 1. The number of anilines is 5. The first kappa shape index (κ1) is 32.8. The van der Waals surface area contributed by atoms with E-state index >= 15 is 0 Å². The first-order valence-electron chi connectivity index (χ1n) is 15.5. The molecular weight excluding hydrogens is 623 g/mol. The Labute approximate surface area is 276 Å². The number of hydroxylamine groups is 1. The van der Waals surface area contributed by atoms with Crippen molar-refractivity contribution in [2.45, 2.75) is 18.6 Å². The highest BCUT2D eigenvalue weighted by atomic mass is 19.4. The second-order valence-corrected chi connectivity index (χ2v) is 11.6. The summed E-state index contributed by atoms with van der Waals surface area (Å²) < 4.78 is 45.9. The first-order chi connectivity index (χ1) is 23.1. The van der Waals surface area contributed by atoms with E-state index in [4.69, 9.17) is 9.57 Å². The van der Waals surface area contributed by atoms with Gasteiger partial charge in [-0.15, -0.1) is 0 Å². The summed E-state index contributed by atoms with van der Waals surface area (Å²) >= 11 is 0. The number of ether oxygens (including phenoxy) is 1. The van der Waals surface area contributed by atoms with Gasteiger partial charge in [-0.05, 0) is 54.1 Å². The highest BCUT2D eigenvalue weighted by Gasteiger charge is 2.32. The lowest BCUT2D eigenvalue weighted by Crippen LogP contribution is -2.44. The number of amides is 1. The van der Waals surface area contributed by atoms with Crippen LogP contribution in [0.3, 0.4) is 0 Å². The van der Waals surface area contributed by atoms with Crippen molar-refractivity contribution in [3.05, 3.63) is 96.8 Å². The number of halogens is 3. The molecule has 3 aromatic carbocycles. The number of benzene rings is 3. The SMILES string of the molecule is C=CC(=O)Nc1cc(Nc2cc(N3OCCC3c3cccc(-c4cccc(C(F)(F)F)c4)c3)ncn2)c(OC)cc1N1CCN(C)CC1. The Morgan fingerprint density at radius 3 is 2.48 bits per heavy atom. The van der Waals surface area contributed by atoms with Crippen LogP contribution in [-0.4, -0.2) is 67.7 Å². The van der Waals surface area contributed by atoms with Gasteiger partial charge >= 0.3 is 6.18 Å². The molecule has 2 aliphatic rings. The standard InChI is InChI=1S/C35H36F3N7O3/c1-4-34(46)42-27-19-28(31(47-3)20-30(27)44-14-12-43(2)13-15-44)41-32-21-33(40-22-39-32)45-29(11-16-48-45)25-9-5-7-23(17-25)24-8-6-10-26(18-24)35(36,37)38/h4-10,17-22,29H,1,11-16H2,2-3H3,(H,42,46)(H,39,40,41). The minimum atomic E-state index is -4.43. The van der Waals surface area contributed by atoms with Crippen molar-refractivity contribution in [1.29, 1.82) is 0 Å². The summed E-state index contributed by atoms with van der Waals surface area (Å²) in [4.78, 5) is 31.7. The Bertz CT molecular complexity index is 1790. The second kappa shape index (κ2) is 13.9. The van der Waals surface area contributed by atoms with Crippen molar-refractivity contribution in [1.82, 2.24) is 14.9 Å². The monoisotopic (exact) mass is 659 g/mol. The summed E-state index contributed by atoms with van der Waals surface area (Å²) in [5, 5.41) is 7.93. The molecule has 10 nitrogen and oxygen atoms in total. The highest BCUT2D eigenvalue weighted by molar-refractivity contribution is 6.02. The van der Waals surface area contributed by atoms with Crippen LogP contribution in [0.2, 0.25) is 0 Å². The summed E-state index contributed by atoms with van der Waals surface area (Å²) in [7, 11) is 3.66. The molecule has 0 bridgehead atoms. The van der Waals surface area contributed by atoms with E-state index in [0.717, 1.165) is 49.6 Å². The molecule has 6 rings (SSSR count). The Hall–Kier alpha value is -5.14. The van der Waals surface area contributed by atoms with Crippen LogP contribution in [0.1, 0.15) is 23.6 Å². The van der Waals surface area contributed by atoms with Crippen LogP contribution < -0.4 is 25.3 Å². The maximum atomic E-state index is 13.4. The van der Waals surface area contributed by atoms with E-state index in [2.05, 4.69) is 44.0 Å². The Balaban J connectivity index is 1.27. The normalized spacial score (nSPS) is 16.9. The first-order valence-corrected chi connectivity index (χ1v) is 15.5. The van der Waals surface area contributed by atoms with Crippen molar-refractivity contribution >= 4 is 34.6 Å². The number of rotatable bonds is 9. The van der Waals surface area contributed by atoms with Gasteiger partial charge in [-0.25, -0.2) is 15.0 Å². The van der Waals surface area contributed by atoms with Gasteiger partial charge < -0.3 is 25.2 Å². The zero-order chi connectivity index (χ0) is 33.8. The molecule has 2 aliphatic heterocycles. The minimum Gasteiger partial charge on any atom is -0.494 e. The lowest BCUT2D eigenvalue weighted by Gasteiger charge is -2.35. The van der Waals surface area contributed by atoms with Gasteiger partial charge in [-0.1, -0.05) is 36.9 Å². The van der Waals surface area contributed by atoms with Crippen LogP contribution >= 0.6 is 0 Å². The topological polar surface area (TPSA) is 95.1 Å². The quantitative estimate of drug-likeness (QED) is 0.191. The Kier molecular flexibility index (Phi) is 9.51. The largest absolute Gasteiger partial charge is 0.494 e. The number of carbonyl (C=O) groups is 1. The molecule has 2 N–H and O–H groups in total. The number of aromatic nitrogens is 2. The van der Waals surface area contributed by atoms with Gasteiger partial charge in [0.1, 0.15) is 17.9 Å². The summed E-state index contributed by atoms with van der Waals surface area (Å²) in [5.74, 6) is 1.17. The van der Waals surface area contributed by atoms with E-state index in [9.17, 15) is 18.0 Å². The number of carbonyl (C=O) groups excluding carboxylic acids is 1. The molecule has 2 fully saturated rings. The van der Waals surface area contributed by atoms with Crippen molar-refractivity contribution in [3.63, 3.8) is 0 Å². The van der Waals surface area contributed by atoms with Gasteiger partial charge in [0.2, 0.25) is 5.91 Å². The zero-order valence-electron chi connectivity index (χ0n) is 26.6. The molecule has 2 saturated heterocycles. The molecule has 0 spiro atoms. The van der Waals surface area contributed by atoms with Gasteiger partial charge in [0.25, 0.3) is 0 Å². The lowest BCUT2D eigenvalue weighted by atomic mass is 9.97. The predicted octanol–water partition coefficient (Wildman–Crippen LogP) is 6.67. The molecule has 0 radical (unpaired) electrons. The van der Waals surface area contributed by atoms with E-state index in [1.807, 2.05) is 30.3 Å². The zero-order valence-corrected chi connectivity index (χ0v) is 26.6. The highest BCUT2D eigenvalue weighted by Crippen LogP contribution is 2.40. The fraction of sp³-hybridized carbons (Fsp3) is 0.286. The molecule has 1 atom stereocenters. The number of nitrogens with zero attached hydrogens (tertiary/aromatic N) is 5. The molecule has 250 valence electrons. The van der Waals surface area contributed by atoms with Crippen molar-refractivity contribution < 1.29 is 27.5 Å². The third kappa shape index (κ3) is 7.21. The molecule has 0 aliphatic carbocycles. The molecule has 48 heavy (non-hydrogen) atoms. The molecule has 0 saturated carbocycles. The van der Waals surface area contributed by atoms with Gasteiger partial charge in [-0.3, -0.25) is 9.63 Å².